The summed E-state index contributed by atoms with van der Waals surface area (Å²) in [7, 11) is 0. The van der Waals surface area contributed by atoms with Crippen LogP contribution in [0.3, 0.4) is 0 Å². The lowest BCUT2D eigenvalue weighted by atomic mass is 10.0. The number of pyridine rings is 1. The Morgan fingerprint density at radius 3 is 2.64 bits per heavy atom. The minimum absolute atomic E-state index is 0.332. The van der Waals surface area contributed by atoms with Gasteiger partial charge < -0.3 is 9.47 Å². The van der Waals surface area contributed by atoms with Crippen molar-refractivity contribution in [3.05, 3.63) is 53.9 Å². The molecule has 0 N–H and O–H groups in total. The monoisotopic (exact) mass is 338 g/mol. The maximum Gasteiger partial charge on any atom is 0.231 e. The molecule has 1 fully saturated rings. The Bertz CT molecular complexity index is 682. The summed E-state index contributed by atoms with van der Waals surface area (Å²) in [5, 5.41) is 0. The fourth-order valence-electron chi connectivity index (χ4n) is 4.00. The van der Waals surface area contributed by atoms with E-state index in [0.29, 0.717) is 12.8 Å². The van der Waals surface area contributed by atoms with E-state index in [2.05, 4.69) is 28.1 Å². The quantitative estimate of drug-likeness (QED) is 0.750. The molecule has 0 saturated heterocycles. The van der Waals surface area contributed by atoms with Gasteiger partial charge in [-0.15, -0.1) is 0 Å². The van der Waals surface area contributed by atoms with Gasteiger partial charge in [0.1, 0.15) is 0 Å². The molecule has 4 rings (SSSR count). The Kier molecular flexibility index (Phi) is 5.17. The van der Waals surface area contributed by atoms with E-state index >= 15 is 0 Å². The molecule has 1 aromatic carbocycles. The molecule has 0 atom stereocenters. The molecule has 0 bridgehead atoms. The van der Waals surface area contributed by atoms with Gasteiger partial charge in [0.2, 0.25) is 6.79 Å². The lowest BCUT2D eigenvalue weighted by molar-refractivity contribution is 0.154. The predicted octanol–water partition coefficient (Wildman–Crippen LogP) is 4.54. The summed E-state index contributed by atoms with van der Waals surface area (Å²) >= 11 is 0. The zero-order valence-electron chi connectivity index (χ0n) is 14.7. The van der Waals surface area contributed by atoms with Crippen LogP contribution in [0.25, 0.3) is 0 Å². The average Bonchev–Trinajstić information content (AvgIpc) is 2.97. The molecule has 0 radical (unpaired) electrons. The molecule has 1 aromatic heterocycles. The summed E-state index contributed by atoms with van der Waals surface area (Å²) in [6.45, 7) is 2.16. The molecule has 0 unspecified atom stereocenters. The summed E-state index contributed by atoms with van der Waals surface area (Å²) in [4.78, 5) is 6.91. The lowest BCUT2D eigenvalue weighted by Gasteiger charge is -2.31. The molecule has 0 spiro atoms. The lowest BCUT2D eigenvalue weighted by Crippen LogP contribution is -2.34. The van der Waals surface area contributed by atoms with Gasteiger partial charge in [0, 0.05) is 37.1 Å². The van der Waals surface area contributed by atoms with Gasteiger partial charge in [0.05, 0.1) is 0 Å². The van der Waals surface area contributed by atoms with Crippen molar-refractivity contribution < 1.29 is 9.47 Å². The molecule has 1 aliphatic carbocycles. The predicted molar refractivity (Wildman–Crippen MR) is 97.5 cm³/mol. The maximum atomic E-state index is 5.73. The van der Waals surface area contributed by atoms with E-state index in [1.807, 2.05) is 24.5 Å². The van der Waals surface area contributed by atoms with Crippen molar-refractivity contribution in [3.8, 4) is 11.5 Å². The van der Waals surface area contributed by atoms with Gasteiger partial charge in [-0.25, -0.2) is 0 Å². The van der Waals surface area contributed by atoms with E-state index in [-0.39, 0.29) is 0 Å². The van der Waals surface area contributed by atoms with Crippen molar-refractivity contribution in [2.75, 3.05) is 6.79 Å². The minimum Gasteiger partial charge on any atom is -0.454 e. The van der Waals surface area contributed by atoms with E-state index in [0.717, 1.165) is 24.6 Å². The number of hydrogen-bond donors (Lipinski definition) is 0. The number of para-hydroxylation sites is 1. The first-order chi connectivity index (χ1) is 12.4. The SMILES string of the molecule is c1cncc(CN(Cc2cccc3c2OCO3)C2CCCCCC2)c1. The van der Waals surface area contributed by atoms with Gasteiger partial charge in [-0.2, -0.15) is 0 Å². The van der Waals surface area contributed by atoms with Gasteiger partial charge in [-0.3, -0.25) is 9.88 Å². The third kappa shape index (κ3) is 3.96. The van der Waals surface area contributed by atoms with Crippen LogP contribution in [0.1, 0.15) is 49.7 Å². The third-order valence-corrected chi connectivity index (χ3v) is 5.30. The van der Waals surface area contributed by atoms with Gasteiger partial charge in [-0.1, -0.05) is 43.9 Å². The van der Waals surface area contributed by atoms with Crippen molar-refractivity contribution in [2.24, 2.45) is 0 Å². The van der Waals surface area contributed by atoms with E-state index in [9.17, 15) is 0 Å². The van der Waals surface area contributed by atoms with Crippen LogP contribution in [-0.4, -0.2) is 22.7 Å². The summed E-state index contributed by atoms with van der Waals surface area (Å²) in [6.07, 6.45) is 11.8. The van der Waals surface area contributed by atoms with E-state index in [1.165, 1.54) is 49.7 Å². The normalized spacial score (nSPS) is 17.6. The molecule has 1 aliphatic heterocycles. The molecular formula is C21H26N2O2. The summed E-state index contributed by atoms with van der Waals surface area (Å²) in [5.41, 5.74) is 2.50. The Morgan fingerprint density at radius 2 is 1.84 bits per heavy atom. The van der Waals surface area contributed by atoms with E-state index in [4.69, 9.17) is 9.47 Å². The van der Waals surface area contributed by atoms with E-state index < -0.39 is 0 Å². The maximum absolute atomic E-state index is 5.73. The van der Waals surface area contributed by atoms with Crippen LogP contribution in [0.5, 0.6) is 11.5 Å². The molecule has 25 heavy (non-hydrogen) atoms. The third-order valence-electron chi connectivity index (χ3n) is 5.30. The summed E-state index contributed by atoms with van der Waals surface area (Å²) in [6, 6.07) is 11.0. The first kappa shape index (κ1) is 16.4. The Labute approximate surface area is 149 Å². The number of nitrogens with zero attached hydrogens (tertiary/aromatic N) is 2. The average molecular weight is 338 g/mol. The largest absolute Gasteiger partial charge is 0.454 e. The van der Waals surface area contributed by atoms with Crippen molar-refractivity contribution in [2.45, 2.75) is 57.7 Å². The highest BCUT2D eigenvalue weighted by Crippen LogP contribution is 2.37. The molecule has 1 saturated carbocycles. The smallest absolute Gasteiger partial charge is 0.231 e. The molecular weight excluding hydrogens is 312 g/mol. The molecule has 0 amide bonds. The number of ether oxygens (including phenoxy) is 2. The Hall–Kier alpha value is -2.07. The second-order valence-electron chi connectivity index (χ2n) is 7.06. The topological polar surface area (TPSA) is 34.6 Å². The van der Waals surface area contributed by atoms with Gasteiger partial charge in [0.15, 0.2) is 11.5 Å². The van der Waals surface area contributed by atoms with Crippen LogP contribution >= 0.6 is 0 Å². The van der Waals surface area contributed by atoms with Crippen LogP contribution < -0.4 is 9.47 Å². The Balaban J connectivity index is 1.57. The van der Waals surface area contributed by atoms with Crippen LogP contribution in [-0.2, 0) is 13.1 Å². The minimum atomic E-state index is 0.332. The number of hydrogen-bond acceptors (Lipinski definition) is 4. The second kappa shape index (κ2) is 7.87. The van der Waals surface area contributed by atoms with Crippen molar-refractivity contribution >= 4 is 0 Å². The van der Waals surface area contributed by atoms with Crippen molar-refractivity contribution in [1.82, 2.24) is 9.88 Å². The number of rotatable bonds is 5. The summed E-state index contributed by atoms with van der Waals surface area (Å²) < 4.78 is 11.3. The Morgan fingerprint density at radius 1 is 0.960 bits per heavy atom. The molecule has 2 heterocycles. The first-order valence-corrected chi connectivity index (χ1v) is 9.40. The number of aromatic nitrogens is 1. The highest BCUT2D eigenvalue weighted by Gasteiger charge is 2.24. The fraction of sp³-hybridized carbons (Fsp3) is 0.476. The molecule has 4 nitrogen and oxygen atoms in total. The molecule has 4 heteroatoms. The van der Waals surface area contributed by atoms with Gasteiger partial charge in [-0.05, 0) is 30.5 Å². The van der Waals surface area contributed by atoms with Crippen molar-refractivity contribution in [1.29, 1.82) is 0 Å². The van der Waals surface area contributed by atoms with Crippen LogP contribution in [0.4, 0.5) is 0 Å². The standard InChI is InChI=1S/C21H26N2O2/c1-2-4-10-19(9-3-1)23(14-17-7-6-12-22-13-17)15-18-8-5-11-20-21(18)25-16-24-20/h5-8,11-13,19H,1-4,9-10,14-16H2. The second-order valence-corrected chi connectivity index (χ2v) is 7.06. The van der Waals surface area contributed by atoms with Crippen LogP contribution in [0.15, 0.2) is 42.7 Å². The van der Waals surface area contributed by atoms with Gasteiger partial charge >= 0.3 is 0 Å². The highest BCUT2D eigenvalue weighted by molar-refractivity contribution is 5.48. The summed E-state index contributed by atoms with van der Waals surface area (Å²) in [5.74, 6) is 1.80. The molecule has 2 aromatic rings. The fourth-order valence-corrected chi connectivity index (χ4v) is 4.00. The highest BCUT2D eigenvalue weighted by atomic mass is 16.7. The van der Waals surface area contributed by atoms with Crippen LogP contribution in [0, 0.1) is 0 Å². The first-order valence-electron chi connectivity index (χ1n) is 9.40. The number of fused-ring (bicyclic) bond motifs is 1. The molecule has 2 aliphatic rings. The van der Waals surface area contributed by atoms with E-state index in [1.54, 1.807) is 0 Å². The molecule has 132 valence electrons. The van der Waals surface area contributed by atoms with Crippen molar-refractivity contribution in [3.63, 3.8) is 0 Å². The van der Waals surface area contributed by atoms with Crippen LogP contribution in [0.2, 0.25) is 0 Å². The number of benzene rings is 1. The zero-order valence-corrected chi connectivity index (χ0v) is 14.7. The van der Waals surface area contributed by atoms with Gasteiger partial charge in [0.25, 0.3) is 0 Å². The zero-order chi connectivity index (χ0) is 16.9.